The van der Waals surface area contributed by atoms with E-state index in [1.807, 2.05) is 19.2 Å². The molecule has 0 spiro atoms. The third-order valence-corrected chi connectivity index (χ3v) is 5.10. The van der Waals surface area contributed by atoms with E-state index in [0.717, 1.165) is 51.2 Å². The molecule has 1 atom stereocenters. The van der Waals surface area contributed by atoms with Crippen LogP contribution in [-0.4, -0.2) is 62.9 Å². The Labute approximate surface area is 193 Å². The monoisotopic (exact) mass is 518 g/mol. The topological polar surface area (TPSA) is 58.1 Å². The standard InChI is InChI=1S/C22H38N4O2.HI/c1-17(2)15-28-20-9-7-19(8-10-20)18(3)25-21(23-6)24-16-22(4,5)26-11-13-27-14-12-26;/h7-10,17-18H,11-16H2,1-6H3,(H2,23,24,25);1H. The summed E-state index contributed by atoms with van der Waals surface area (Å²) in [6, 6.07) is 8.44. The Balaban J connectivity index is 0.00000420. The second kappa shape index (κ2) is 12.6. The molecule has 0 amide bonds. The molecule has 1 aliphatic heterocycles. The lowest BCUT2D eigenvalue weighted by molar-refractivity contribution is -0.00834. The van der Waals surface area contributed by atoms with Crippen LogP contribution in [-0.2, 0) is 4.74 Å². The summed E-state index contributed by atoms with van der Waals surface area (Å²) in [5.41, 5.74) is 1.24. The van der Waals surface area contributed by atoms with Crippen molar-refractivity contribution in [2.75, 3.05) is 46.5 Å². The van der Waals surface area contributed by atoms with Gasteiger partial charge in [0.25, 0.3) is 0 Å². The number of nitrogens with one attached hydrogen (secondary N) is 2. The molecule has 0 aliphatic carbocycles. The van der Waals surface area contributed by atoms with Crippen molar-refractivity contribution in [2.45, 2.75) is 46.2 Å². The van der Waals surface area contributed by atoms with E-state index >= 15 is 0 Å². The van der Waals surface area contributed by atoms with Crippen LogP contribution in [0, 0.1) is 5.92 Å². The SMILES string of the molecule is CN=C(NCC(C)(C)N1CCOCC1)NC(C)c1ccc(OCC(C)C)cc1.I. The lowest BCUT2D eigenvalue weighted by Crippen LogP contribution is -2.56. The molecule has 7 heteroatoms. The number of ether oxygens (including phenoxy) is 2. The Morgan fingerprint density at radius 2 is 1.79 bits per heavy atom. The number of hydrogen-bond acceptors (Lipinski definition) is 4. The lowest BCUT2D eigenvalue weighted by Gasteiger charge is -2.41. The Bertz CT molecular complexity index is 614. The molecule has 6 nitrogen and oxygen atoms in total. The van der Waals surface area contributed by atoms with Gasteiger partial charge in [-0.05, 0) is 44.4 Å². The molecule has 1 aromatic carbocycles. The molecule has 0 aromatic heterocycles. The second-order valence-corrected chi connectivity index (χ2v) is 8.48. The lowest BCUT2D eigenvalue weighted by atomic mass is 10.0. The van der Waals surface area contributed by atoms with Gasteiger partial charge in [-0.15, -0.1) is 24.0 Å². The van der Waals surface area contributed by atoms with Gasteiger partial charge in [0.2, 0.25) is 0 Å². The number of nitrogens with zero attached hydrogens (tertiary/aromatic N) is 2. The van der Waals surface area contributed by atoms with Crippen LogP contribution in [0.5, 0.6) is 5.75 Å². The minimum atomic E-state index is 0. The third-order valence-electron chi connectivity index (χ3n) is 5.10. The predicted molar refractivity (Wildman–Crippen MR) is 132 cm³/mol. The van der Waals surface area contributed by atoms with Crippen LogP contribution in [0.4, 0.5) is 0 Å². The van der Waals surface area contributed by atoms with Gasteiger partial charge in [-0.2, -0.15) is 0 Å². The van der Waals surface area contributed by atoms with Crippen LogP contribution in [0.2, 0.25) is 0 Å². The van der Waals surface area contributed by atoms with Gasteiger partial charge >= 0.3 is 0 Å². The van der Waals surface area contributed by atoms with E-state index in [1.54, 1.807) is 0 Å². The van der Waals surface area contributed by atoms with E-state index in [9.17, 15) is 0 Å². The molecular formula is C22H39IN4O2. The molecule has 1 saturated heterocycles. The van der Waals surface area contributed by atoms with Crippen LogP contribution in [0.1, 0.15) is 46.2 Å². The summed E-state index contributed by atoms with van der Waals surface area (Å²) in [4.78, 5) is 6.86. The molecule has 0 saturated carbocycles. The zero-order valence-electron chi connectivity index (χ0n) is 18.8. The van der Waals surface area contributed by atoms with Gasteiger partial charge < -0.3 is 20.1 Å². The Morgan fingerprint density at radius 3 is 2.34 bits per heavy atom. The smallest absolute Gasteiger partial charge is 0.191 e. The van der Waals surface area contributed by atoms with E-state index < -0.39 is 0 Å². The average molecular weight is 518 g/mol. The second-order valence-electron chi connectivity index (χ2n) is 8.48. The van der Waals surface area contributed by atoms with E-state index in [4.69, 9.17) is 9.47 Å². The first-order valence-corrected chi connectivity index (χ1v) is 10.3. The predicted octanol–water partition coefficient (Wildman–Crippen LogP) is 3.68. The Hall–Kier alpha value is -1.06. The molecule has 2 N–H and O–H groups in total. The van der Waals surface area contributed by atoms with Crippen LogP contribution in [0.3, 0.4) is 0 Å². The highest BCUT2D eigenvalue weighted by Gasteiger charge is 2.28. The molecule has 1 aromatic rings. The summed E-state index contributed by atoms with van der Waals surface area (Å²) in [6.45, 7) is 16.1. The van der Waals surface area contributed by atoms with Gasteiger partial charge in [-0.3, -0.25) is 9.89 Å². The fourth-order valence-electron chi connectivity index (χ4n) is 3.18. The highest BCUT2D eigenvalue weighted by atomic mass is 127. The van der Waals surface area contributed by atoms with E-state index in [-0.39, 0.29) is 35.6 Å². The Kier molecular flexibility index (Phi) is 11.3. The quantitative estimate of drug-likeness (QED) is 0.313. The van der Waals surface area contributed by atoms with Gasteiger partial charge in [0.1, 0.15) is 5.75 Å². The molecule has 0 radical (unpaired) electrons. The van der Waals surface area contributed by atoms with Crippen molar-refractivity contribution in [3.63, 3.8) is 0 Å². The zero-order valence-corrected chi connectivity index (χ0v) is 21.2. The van der Waals surface area contributed by atoms with Crippen molar-refractivity contribution in [1.82, 2.24) is 15.5 Å². The molecule has 1 aliphatic rings. The molecule has 1 unspecified atom stereocenters. The molecule has 166 valence electrons. The largest absolute Gasteiger partial charge is 0.493 e. The highest BCUT2D eigenvalue weighted by molar-refractivity contribution is 14.0. The number of hydrogen-bond donors (Lipinski definition) is 2. The maximum atomic E-state index is 5.77. The highest BCUT2D eigenvalue weighted by Crippen LogP contribution is 2.19. The summed E-state index contributed by atoms with van der Waals surface area (Å²) >= 11 is 0. The van der Waals surface area contributed by atoms with Crippen molar-refractivity contribution < 1.29 is 9.47 Å². The molecule has 29 heavy (non-hydrogen) atoms. The number of halogens is 1. The summed E-state index contributed by atoms with van der Waals surface area (Å²) < 4.78 is 11.2. The van der Waals surface area contributed by atoms with Crippen molar-refractivity contribution >= 4 is 29.9 Å². The average Bonchev–Trinajstić information content (AvgIpc) is 2.70. The fraction of sp³-hybridized carbons (Fsp3) is 0.682. The number of guanidine groups is 1. The van der Waals surface area contributed by atoms with Gasteiger partial charge in [-0.1, -0.05) is 26.0 Å². The zero-order chi connectivity index (χ0) is 20.6. The number of morpholine rings is 1. The maximum absolute atomic E-state index is 5.77. The number of rotatable bonds is 8. The number of benzene rings is 1. The first-order valence-electron chi connectivity index (χ1n) is 10.3. The first-order chi connectivity index (χ1) is 13.3. The van der Waals surface area contributed by atoms with Crippen molar-refractivity contribution in [2.24, 2.45) is 10.9 Å². The molecule has 1 fully saturated rings. The molecule has 2 rings (SSSR count). The molecular weight excluding hydrogens is 479 g/mol. The van der Waals surface area contributed by atoms with E-state index in [0.29, 0.717) is 5.92 Å². The summed E-state index contributed by atoms with van der Waals surface area (Å²) in [6.07, 6.45) is 0. The van der Waals surface area contributed by atoms with Crippen LogP contribution in [0.15, 0.2) is 29.3 Å². The summed E-state index contributed by atoms with van der Waals surface area (Å²) in [5, 5.41) is 6.97. The minimum absolute atomic E-state index is 0. The molecule has 1 heterocycles. The van der Waals surface area contributed by atoms with Gasteiger partial charge in [-0.25, -0.2) is 0 Å². The third kappa shape index (κ3) is 8.68. The van der Waals surface area contributed by atoms with Crippen LogP contribution in [0.25, 0.3) is 0 Å². The fourth-order valence-corrected chi connectivity index (χ4v) is 3.18. The first kappa shape index (κ1) is 26.0. The maximum Gasteiger partial charge on any atom is 0.191 e. The van der Waals surface area contributed by atoms with E-state index in [1.165, 1.54) is 5.56 Å². The normalized spacial score (nSPS) is 16.9. The van der Waals surface area contributed by atoms with Crippen LogP contribution < -0.4 is 15.4 Å². The summed E-state index contributed by atoms with van der Waals surface area (Å²) in [5.74, 6) is 2.25. The van der Waals surface area contributed by atoms with E-state index in [2.05, 4.69) is 67.3 Å². The van der Waals surface area contributed by atoms with Gasteiger partial charge in [0, 0.05) is 32.2 Å². The van der Waals surface area contributed by atoms with Gasteiger partial charge in [0.05, 0.1) is 25.9 Å². The summed E-state index contributed by atoms with van der Waals surface area (Å²) in [7, 11) is 1.81. The van der Waals surface area contributed by atoms with Crippen molar-refractivity contribution in [3.8, 4) is 5.75 Å². The number of aliphatic imine (C=N–C) groups is 1. The van der Waals surface area contributed by atoms with Gasteiger partial charge in [0.15, 0.2) is 5.96 Å². The molecule has 0 bridgehead atoms. The van der Waals surface area contributed by atoms with Crippen molar-refractivity contribution in [3.05, 3.63) is 29.8 Å². The van der Waals surface area contributed by atoms with Crippen LogP contribution >= 0.6 is 24.0 Å². The Morgan fingerprint density at radius 1 is 1.17 bits per heavy atom. The minimum Gasteiger partial charge on any atom is -0.493 e. The van der Waals surface area contributed by atoms with Crippen molar-refractivity contribution in [1.29, 1.82) is 0 Å².